The van der Waals surface area contributed by atoms with Crippen LogP contribution in [0.4, 0.5) is 0 Å². The second kappa shape index (κ2) is 17.6. The van der Waals surface area contributed by atoms with E-state index in [1.807, 2.05) is 30.3 Å². The summed E-state index contributed by atoms with van der Waals surface area (Å²) < 4.78 is 4.66. The maximum atomic E-state index is 13.3. The van der Waals surface area contributed by atoms with Crippen molar-refractivity contribution in [3.63, 3.8) is 0 Å². The van der Waals surface area contributed by atoms with Crippen molar-refractivity contribution in [2.45, 2.75) is 77.4 Å². The van der Waals surface area contributed by atoms with E-state index in [0.717, 1.165) is 16.7 Å². The predicted molar refractivity (Wildman–Crippen MR) is 165 cm³/mol. The lowest BCUT2D eigenvalue weighted by molar-refractivity contribution is -0.141. The van der Waals surface area contributed by atoms with E-state index in [-0.39, 0.29) is 37.5 Å². The van der Waals surface area contributed by atoms with Crippen molar-refractivity contribution in [3.05, 3.63) is 64.7 Å². The number of phenolic OH excluding ortho intramolecular Hbond substituents is 1. The molecule has 12 nitrogen and oxygen atoms in total. The number of esters is 1. The quantitative estimate of drug-likeness (QED) is 0.130. The molecule has 44 heavy (non-hydrogen) atoms. The SMILES string of the molecule is COC(=O)CCCCCN(C(=O)CNC(=O)[C@@H](C)NC(=O)[C@@H](N)Cc1cc(C)c(O)cc1C)[C@@H](Cc1ccccc1)C(N)=O. The highest BCUT2D eigenvalue weighted by Crippen LogP contribution is 2.22. The van der Waals surface area contributed by atoms with Crippen LogP contribution in [0.1, 0.15) is 54.9 Å². The van der Waals surface area contributed by atoms with Gasteiger partial charge in [-0.2, -0.15) is 0 Å². The first-order valence-electron chi connectivity index (χ1n) is 14.7. The van der Waals surface area contributed by atoms with E-state index in [2.05, 4.69) is 15.4 Å². The number of hydrogen-bond donors (Lipinski definition) is 5. The highest BCUT2D eigenvalue weighted by Gasteiger charge is 2.29. The van der Waals surface area contributed by atoms with Crippen molar-refractivity contribution in [2.75, 3.05) is 20.2 Å². The molecule has 0 aliphatic carbocycles. The first-order chi connectivity index (χ1) is 20.8. The summed E-state index contributed by atoms with van der Waals surface area (Å²) in [6.45, 7) is 4.80. The minimum absolute atomic E-state index is 0.156. The van der Waals surface area contributed by atoms with E-state index in [9.17, 15) is 29.1 Å². The third kappa shape index (κ3) is 11.3. The van der Waals surface area contributed by atoms with Gasteiger partial charge in [-0.1, -0.05) is 42.8 Å². The number of nitrogens with two attached hydrogens (primary N) is 2. The molecule has 0 radical (unpaired) electrons. The predicted octanol–water partition coefficient (Wildman–Crippen LogP) is 1.16. The Hall–Kier alpha value is -4.45. The smallest absolute Gasteiger partial charge is 0.305 e. The average Bonchev–Trinajstić information content (AvgIpc) is 2.99. The number of amides is 4. The van der Waals surface area contributed by atoms with Gasteiger partial charge in [0.25, 0.3) is 0 Å². The molecular weight excluding hydrogens is 566 g/mol. The molecule has 0 bridgehead atoms. The van der Waals surface area contributed by atoms with Gasteiger partial charge < -0.3 is 36.8 Å². The van der Waals surface area contributed by atoms with E-state index in [1.54, 1.807) is 26.0 Å². The first-order valence-corrected chi connectivity index (χ1v) is 14.7. The van der Waals surface area contributed by atoms with Crippen molar-refractivity contribution in [1.29, 1.82) is 0 Å². The Morgan fingerprint density at radius 1 is 0.955 bits per heavy atom. The van der Waals surface area contributed by atoms with Gasteiger partial charge in [0.05, 0.1) is 19.7 Å². The molecule has 2 aromatic rings. The number of hydrogen-bond acceptors (Lipinski definition) is 8. The van der Waals surface area contributed by atoms with Crippen LogP contribution in [0.15, 0.2) is 42.5 Å². The Balaban J connectivity index is 2.01. The molecule has 0 aliphatic rings. The summed E-state index contributed by atoms with van der Waals surface area (Å²) in [5, 5.41) is 15.0. The Kier molecular flexibility index (Phi) is 14.3. The maximum absolute atomic E-state index is 13.3. The third-order valence-corrected chi connectivity index (χ3v) is 7.40. The summed E-state index contributed by atoms with van der Waals surface area (Å²) in [6.07, 6.45) is 2.30. The molecule has 7 N–H and O–H groups in total. The standard InChI is InChI=1S/C32H45N5O7/c1-20-16-27(38)21(2)15-24(20)18-25(33)32(43)36-22(3)31(42)35-19-28(39)37(14-10-6-9-13-29(40)44-4)26(30(34)41)17-23-11-7-5-8-12-23/h5,7-8,11-12,15-16,22,25-26,38H,6,9-10,13-14,17-19,33H2,1-4H3,(H2,34,41)(H,35,42)(H,36,43)/t22-,25+,26+/m1/s1. The van der Waals surface area contributed by atoms with Crippen LogP contribution in [0.25, 0.3) is 0 Å². The van der Waals surface area contributed by atoms with Gasteiger partial charge in [-0.05, 0) is 68.4 Å². The molecule has 2 aromatic carbocycles. The molecule has 2 rings (SSSR count). The number of ether oxygens (including phenoxy) is 1. The topological polar surface area (TPSA) is 194 Å². The van der Waals surface area contributed by atoms with E-state index in [0.29, 0.717) is 24.8 Å². The monoisotopic (exact) mass is 611 g/mol. The fourth-order valence-electron chi connectivity index (χ4n) is 4.70. The number of phenols is 1. The minimum atomic E-state index is -0.993. The molecule has 0 spiro atoms. The van der Waals surface area contributed by atoms with Gasteiger partial charge in [0, 0.05) is 19.4 Å². The molecule has 0 heterocycles. The zero-order valence-electron chi connectivity index (χ0n) is 25.9. The molecule has 0 fully saturated rings. The first kappa shape index (κ1) is 35.7. The van der Waals surface area contributed by atoms with Gasteiger partial charge in [-0.3, -0.25) is 24.0 Å². The van der Waals surface area contributed by atoms with Gasteiger partial charge in [-0.25, -0.2) is 0 Å². The summed E-state index contributed by atoms with van der Waals surface area (Å²) in [4.78, 5) is 64.1. The second-order valence-corrected chi connectivity index (χ2v) is 10.9. The van der Waals surface area contributed by atoms with Crippen molar-refractivity contribution in [2.24, 2.45) is 11.5 Å². The summed E-state index contributed by atoms with van der Waals surface area (Å²) in [5.41, 5.74) is 14.9. The Bertz CT molecular complexity index is 1300. The zero-order valence-corrected chi connectivity index (χ0v) is 25.9. The lowest BCUT2D eigenvalue weighted by atomic mass is 9.98. The maximum Gasteiger partial charge on any atom is 0.305 e. The molecular formula is C32H45N5O7. The minimum Gasteiger partial charge on any atom is -0.508 e. The van der Waals surface area contributed by atoms with Gasteiger partial charge in [0.2, 0.25) is 23.6 Å². The van der Waals surface area contributed by atoms with Crippen molar-refractivity contribution in [1.82, 2.24) is 15.5 Å². The number of methoxy groups -OCH3 is 1. The lowest BCUT2D eigenvalue weighted by Gasteiger charge is -2.30. The number of carbonyl (C=O) groups is 5. The Morgan fingerprint density at radius 2 is 1.64 bits per heavy atom. The summed E-state index contributed by atoms with van der Waals surface area (Å²) in [5.74, 6) is -2.52. The van der Waals surface area contributed by atoms with Gasteiger partial charge in [0.1, 0.15) is 17.8 Å². The number of nitrogens with zero attached hydrogens (tertiary/aromatic N) is 1. The molecule has 3 atom stereocenters. The van der Waals surface area contributed by atoms with E-state index < -0.39 is 48.3 Å². The van der Waals surface area contributed by atoms with Crippen LogP contribution in [0.5, 0.6) is 5.75 Å². The molecule has 0 unspecified atom stereocenters. The molecule has 0 saturated heterocycles. The summed E-state index contributed by atoms with van der Waals surface area (Å²) >= 11 is 0. The largest absolute Gasteiger partial charge is 0.508 e. The fraction of sp³-hybridized carbons (Fsp3) is 0.469. The molecule has 4 amide bonds. The van der Waals surface area contributed by atoms with Crippen LogP contribution in [0, 0.1) is 13.8 Å². The van der Waals surface area contributed by atoms with Crippen LogP contribution in [0.3, 0.4) is 0 Å². The number of unbranched alkanes of at least 4 members (excludes halogenated alkanes) is 2. The number of rotatable bonds is 17. The molecule has 0 saturated carbocycles. The molecule has 240 valence electrons. The van der Waals surface area contributed by atoms with Crippen molar-refractivity contribution >= 4 is 29.6 Å². The van der Waals surface area contributed by atoms with E-state index in [4.69, 9.17) is 11.5 Å². The van der Waals surface area contributed by atoms with Gasteiger partial charge in [0.15, 0.2) is 0 Å². The lowest BCUT2D eigenvalue weighted by Crippen LogP contribution is -2.54. The average molecular weight is 612 g/mol. The fourth-order valence-corrected chi connectivity index (χ4v) is 4.70. The van der Waals surface area contributed by atoms with E-state index >= 15 is 0 Å². The van der Waals surface area contributed by atoms with Crippen molar-refractivity contribution in [3.8, 4) is 5.75 Å². The van der Waals surface area contributed by atoms with Crippen LogP contribution in [-0.4, -0.2) is 77.9 Å². The normalized spacial score (nSPS) is 12.8. The molecule has 0 aliphatic heterocycles. The highest BCUT2D eigenvalue weighted by molar-refractivity contribution is 5.93. The summed E-state index contributed by atoms with van der Waals surface area (Å²) in [6, 6.07) is 9.62. The number of aromatic hydroxyl groups is 1. The molecule has 12 heteroatoms. The van der Waals surface area contributed by atoms with Crippen LogP contribution in [0.2, 0.25) is 0 Å². The number of aryl methyl sites for hydroxylation is 2. The summed E-state index contributed by atoms with van der Waals surface area (Å²) in [7, 11) is 1.32. The van der Waals surface area contributed by atoms with Crippen LogP contribution in [-0.2, 0) is 41.6 Å². The van der Waals surface area contributed by atoms with E-state index in [1.165, 1.54) is 18.9 Å². The zero-order chi connectivity index (χ0) is 32.8. The third-order valence-electron chi connectivity index (χ3n) is 7.40. The number of carbonyl (C=O) groups excluding carboxylic acids is 5. The second-order valence-electron chi connectivity index (χ2n) is 10.9. The number of primary amides is 1. The van der Waals surface area contributed by atoms with Crippen LogP contribution >= 0.6 is 0 Å². The number of benzene rings is 2. The van der Waals surface area contributed by atoms with Crippen LogP contribution < -0.4 is 22.1 Å². The number of nitrogens with one attached hydrogen (secondary N) is 2. The Morgan fingerprint density at radius 3 is 2.27 bits per heavy atom. The van der Waals surface area contributed by atoms with Gasteiger partial charge in [-0.15, -0.1) is 0 Å². The Labute approximate surface area is 258 Å². The molecule has 0 aromatic heterocycles. The highest BCUT2D eigenvalue weighted by atomic mass is 16.5. The van der Waals surface area contributed by atoms with Crippen molar-refractivity contribution < 1.29 is 33.8 Å². The van der Waals surface area contributed by atoms with Gasteiger partial charge >= 0.3 is 5.97 Å².